The molecule has 1 saturated heterocycles. The van der Waals surface area contributed by atoms with Crippen LogP contribution in [0.1, 0.15) is 30.0 Å². The molecule has 3 rings (SSSR count). The molecule has 0 spiro atoms. The molecular formula is C23H29NO6. The molecule has 1 fully saturated rings. The number of piperidine rings is 1. The summed E-state index contributed by atoms with van der Waals surface area (Å²) in [5.74, 6) is 1.85. The lowest BCUT2D eigenvalue weighted by molar-refractivity contribution is -0.143. The van der Waals surface area contributed by atoms with Gasteiger partial charge < -0.3 is 24.1 Å². The first-order valence-electron chi connectivity index (χ1n) is 9.93. The minimum atomic E-state index is -0.732. The van der Waals surface area contributed by atoms with Crippen LogP contribution in [0.2, 0.25) is 0 Å². The van der Waals surface area contributed by atoms with Crippen LogP contribution in [0.3, 0.4) is 0 Å². The van der Waals surface area contributed by atoms with Crippen molar-refractivity contribution in [1.82, 2.24) is 4.90 Å². The monoisotopic (exact) mass is 415 g/mol. The van der Waals surface area contributed by atoms with Crippen molar-refractivity contribution in [1.29, 1.82) is 0 Å². The summed E-state index contributed by atoms with van der Waals surface area (Å²) in [6.07, 6.45) is 1.18. The molecule has 0 aliphatic carbocycles. The van der Waals surface area contributed by atoms with Crippen molar-refractivity contribution >= 4 is 5.97 Å². The SMILES string of the molecule is COc1ccc(OC)c(C(c2cc(OC)ccc2OC)N2CCC(C(=O)O)CC2)c1. The average molecular weight is 415 g/mol. The molecule has 1 heterocycles. The lowest BCUT2D eigenvalue weighted by atomic mass is 9.90. The Bertz CT molecular complexity index is 820. The first kappa shape index (κ1) is 21.8. The smallest absolute Gasteiger partial charge is 0.306 e. The van der Waals surface area contributed by atoms with Crippen molar-refractivity contribution in [2.75, 3.05) is 41.5 Å². The van der Waals surface area contributed by atoms with E-state index in [0.717, 1.165) is 34.1 Å². The summed E-state index contributed by atoms with van der Waals surface area (Å²) < 4.78 is 22.3. The Balaban J connectivity index is 2.13. The molecule has 2 aromatic rings. The van der Waals surface area contributed by atoms with Gasteiger partial charge in [0.2, 0.25) is 0 Å². The molecule has 1 N–H and O–H groups in total. The van der Waals surface area contributed by atoms with Gasteiger partial charge in [-0.15, -0.1) is 0 Å². The predicted octanol–water partition coefficient (Wildman–Crippen LogP) is 3.61. The highest BCUT2D eigenvalue weighted by Crippen LogP contribution is 2.43. The van der Waals surface area contributed by atoms with Gasteiger partial charge in [0.25, 0.3) is 0 Å². The number of carbonyl (C=O) groups is 1. The van der Waals surface area contributed by atoms with E-state index in [4.69, 9.17) is 18.9 Å². The predicted molar refractivity (Wildman–Crippen MR) is 113 cm³/mol. The summed E-state index contributed by atoms with van der Waals surface area (Å²) in [5.41, 5.74) is 1.86. The van der Waals surface area contributed by atoms with E-state index in [-0.39, 0.29) is 12.0 Å². The zero-order valence-corrected chi connectivity index (χ0v) is 17.9. The maximum atomic E-state index is 11.4. The number of nitrogens with zero attached hydrogens (tertiary/aromatic N) is 1. The van der Waals surface area contributed by atoms with Crippen LogP contribution in [0.4, 0.5) is 0 Å². The Morgan fingerprint density at radius 3 is 1.70 bits per heavy atom. The molecule has 1 aliphatic heterocycles. The second-order valence-electron chi connectivity index (χ2n) is 7.27. The van der Waals surface area contributed by atoms with Gasteiger partial charge in [0.05, 0.1) is 40.4 Å². The molecule has 0 amide bonds. The first-order valence-corrected chi connectivity index (χ1v) is 9.93. The lowest BCUT2D eigenvalue weighted by Crippen LogP contribution is -2.39. The fraction of sp³-hybridized carbons (Fsp3) is 0.435. The number of methoxy groups -OCH3 is 4. The number of hydrogen-bond donors (Lipinski definition) is 1. The molecule has 2 aromatic carbocycles. The maximum absolute atomic E-state index is 11.4. The minimum absolute atomic E-state index is 0.213. The Morgan fingerprint density at radius 1 is 0.867 bits per heavy atom. The van der Waals surface area contributed by atoms with Crippen LogP contribution < -0.4 is 18.9 Å². The van der Waals surface area contributed by atoms with E-state index in [9.17, 15) is 9.90 Å². The van der Waals surface area contributed by atoms with Crippen LogP contribution in [-0.2, 0) is 4.79 Å². The van der Waals surface area contributed by atoms with Crippen molar-refractivity contribution < 1.29 is 28.8 Å². The highest BCUT2D eigenvalue weighted by molar-refractivity contribution is 5.70. The highest BCUT2D eigenvalue weighted by Gasteiger charge is 2.33. The largest absolute Gasteiger partial charge is 0.497 e. The van der Waals surface area contributed by atoms with Gasteiger partial charge in [-0.2, -0.15) is 0 Å². The first-order chi connectivity index (χ1) is 14.5. The summed E-state index contributed by atoms with van der Waals surface area (Å²) in [4.78, 5) is 13.7. The van der Waals surface area contributed by atoms with Crippen LogP contribution in [0.15, 0.2) is 36.4 Å². The van der Waals surface area contributed by atoms with Crippen LogP contribution in [0.25, 0.3) is 0 Å². The third-order valence-electron chi connectivity index (χ3n) is 5.71. The summed E-state index contributed by atoms with van der Waals surface area (Å²) in [6.45, 7) is 1.28. The summed E-state index contributed by atoms with van der Waals surface area (Å²) in [7, 11) is 6.54. The van der Waals surface area contributed by atoms with Crippen molar-refractivity contribution in [3.8, 4) is 23.0 Å². The molecule has 0 saturated carbocycles. The second-order valence-corrected chi connectivity index (χ2v) is 7.27. The third-order valence-corrected chi connectivity index (χ3v) is 5.71. The van der Waals surface area contributed by atoms with Gasteiger partial charge in [-0.1, -0.05) is 0 Å². The Hall–Kier alpha value is -2.93. The molecule has 30 heavy (non-hydrogen) atoms. The van der Waals surface area contributed by atoms with Gasteiger partial charge in [0, 0.05) is 11.1 Å². The number of aliphatic carboxylic acids is 1. The molecule has 7 nitrogen and oxygen atoms in total. The van der Waals surface area contributed by atoms with Gasteiger partial charge in [-0.3, -0.25) is 9.69 Å². The summed E-state index contributed by atoms with van der Waals surface area (Å²) >= 11 is 0. The van der Waals surface area contributed by atoms with E-state index >= 15 is 0 Å². The van der Waals surface area contributed by atoms with E-state index in [1.54, 1.807) is 28.4 Å². The molecule has 162 valence electrons. The molecule has 0 radical (unpaired) electrons. The number of likely N-dealkylation sites (tertiary alicyclic amines) is 1. The molecule has 0 bridgehead atoms. The molecule has 7 heteroatoms. The number of benzene rings is 2. The average Bonchev–Trinajstić information content (AvgIpc) is 2.79. The third kappa shape index (κ3) is 4.46. The molecular weight excluding hydrogens is 386 g/mol. The molecule has 0 unspecified atom stereocenters. The number of ether oxygens (including phenoxy) is 4. The van der Waals surface area contributed by atoms with Crippen molar-refractivity contribution in [3.63, 3.8) is 0 Å². The van der Waals surface area contributed by atoms with Crippen LogP contribution >= 0.6 is 0 Å². The van der Waals surface area contributed by atoms with Gasteiger partial charge in [0.1, 0.15) is 23.0 Å². The van der Waals surface area contributed by atoms with E-state index in [1.165, 1.54) is 0 Å². The second kappa shape index (κ2) is 9.71. The fourth-order valence-corrected chi connectivity index (χ4v) is 4.07. The maximum Gasteiger partial charge on any atom is 0.306 e. The molecule has 0 aromatic heterocycles. The zero-order chi connectivity index (χ0) is 21.7. The standard InChI is InChI=1S/C23H29NO6/c1-27-16-5-7-20(29-3)18(13-16)22(24-11-9-15(10-12-24)23(25)26)19-14-17(28-2)6-8-21(19)30-4/h5-8,13-15,22H,9-12H2,1-4H3,(H,25,26). The van der Waals surface area contributed by atoms with Crippen LogP contribution in [0.5, 0.6) is 23.0 Å². The van der Waals surface area contributed by atoms with Gasteiger partial charge in [-0.25, -0.2) is 0 Å². The topological polar surface area (TPSA) is 77.5 Å². The number of carboxylic acid groups (broad SMARTS) is 1. The quantitative estimate of drug-likeness (QED) is 0.706. The fourth-order valence-electron chi connectivity index (χ4n) is 4.07. The highest BCUT2D eigenvalue weighted by atomic mass is 16.5. The summed E-state index contributed by atoms with van der Waals surface area (Å²) in [5, 5.41) is 9.41. The van der Waals surface area contributed by atoms with Crippen LogP contribution in [0, 0.1) is 5.92 Å². The Morgan fingerprint density at radius 2 is 1.33 bits per heavy atom. The minimum Gasteiger partial charge on any atom is -0.497 e. The number of rotatable bonds is 8. The van der Waals surface area contributed by atoms with E-state index in [1.807, 2.05) is 36.4 Å². The number of carboxylic acids is 1. The normalized spacial score (nSPS) is 15.1. The molecule has 0 atom stereocenters. The van der Waals surface area contributed by atoms with E-state index in [2.05, 4.69) is 4.90 Å². The van der Waals surface area contributed by atoms with Crippen molar-refractivity contribution in [2.24, 2.45) is 5.92 Å². The lowest BCUT2D eigenvalue weighted by Gasteiger charge is -2.38. The van der Waals surface area contributed by atoms with Gasteiger partial charge >= 0.3 is 5.97 Å². The number of hydrogen-bond acceptors (Lipinski definition) is 6. The Labute approximate surface area is 177 Å². The van der Waals surface area contributed by atoms with Crippen molar-refractivity contribution in [3.05, 3.63) is 47.5 Å². The van der Waals surface area contributed by atoms with E-state index < -0.39 is 5.97 Å². The van der Waals surface area contributed by atoms with Gasteiger partial charge in [0.15, 0.2) is 0 Å². The van der Waals surface area contributed by atoms with Gasteiger partial charge in [-0.05, 0) is 62.3 Å². The summed E-state index contributed by atoms with van der Waals surface area (Å²) in [6, 6.07) is 11.2. The Kier molecular flexibility index (Phi) is 7.05. The van der Waals surface area contributed by atoms with Crippen molar-refractivity contribution in [2.45, 2.75) is 18.9 Å². The van der Waals surface area contributed by atoms with E-state index in [0.29, 0.717) is 25.9 Å². The zero-order valence-electron chi connectivity index (χ0n) is 17.9. The van der Waals surface area contributed by atoms with Crippen LogP contribution in [-0.4, -0.2) is 57.5 Å². The molecule has 1 aliphatic rings.